The molecule has 122 valence electrons. The summed E-state index contributed by atoms with van der Waals surface area (Å²) in [5, 5.41) is 4.14. The predicted octanol–water partition coefficient (Wildman–Crippen LogP) is 1.93. The Labute approximate surface area is 137 Å². The van der Waals surface area contributed by atoms with Crippen molar-refractivity contribution < 1.29 is 4.79 Å². The average Bonchev–Trinajstić information content (AvgIpc) is 3.07. The van der Waals surface area contributed by atoms with Crippen molar-refractivity contribution in [3.05, 3.63) is 53.9 Å². The summed E-state index contributed by atoms with van der Waals surface area (Å²) in [4.78, 5) is 16.7. The summed E-state index contributed by atoms with van der Waals surface area (Å²) < 4.78 is 1.81. The van der Waals surface area contributed by atoms with E-state index in [9.17, 15) is 4.79 Å². The normalized spacial score (nSPS) is 15.8. The van der Waals surface area contributed by atoms with E-state index in [1.807, 2.05) is 21.8 Å². The minimum Gasteiger partial charge on any atom is -0.340 e. The Kier molecular flexibility index (Phi) is 5.08. The Bertz CT molecular complexity index is 630. The van der Waals surface area contributed by atoms with Crippen molar-refractivity contribution in [2.75, 3.05) is 26.2 Å². The van der Waals surface area contributed by atoms with E-state index >= 15 is 0 Å². The molecule has 0 radical (unpaired) electrons. The Balaban J connectivity index is 1.43. The topological polar surface area (TPSA) is 41.4 Å². The molecular weight excluding hydrogens is 288 g/mol. The fourth-order valence-corrected chi connectivity index (χ4v) is 3.03. The molecule has 5 heteroatoms. The number of rotatable bonds is 5. The first kappa shape index (κ1) is 15.7. The quantitative estimate of drug-likeness (QED) is 0.847. The van der Waals surface area contributed by atoms with E-state index < -0.39 is 0 Å². The Morgan fingerprint density at radius 3 is 2.70 bits per heavy atom. The van der Waals surface area contributed by atoms with Crippen molar-refractivity contribution in [1.29, 1.82) is 0 Å². The van der Waals surface area contributed by atoms with Gasteiger partial charge in [0, 0.05) is 58.1 Å². The van der Waals surface area contributed by atoms with Gasteiger partial charge >= 0.3 is 0 Å². The fourth-order valence-electron chi connectivity index (χ4n) is 3.03. The lowest BCUT2D eigenvalue weighted by atomic mass is 10.1. The summed E-state index contributed by atoms with van der Waals surface area (Å²) in [6.45, 7) is 7.29. The fraction of sp³-hybridized carbons (Fsp3) is 0.444. The molecule has 0 bridgehead atoms. The van der Waals surface area contributed by atoms with Gasteiger partial charge in [-0.1, -0.05) is 29.8 Å². The molecule has 0 aliphatic carbocycles. The van der Waals surface area contributed by atoms with Crippen LogP contribution in [0.2, 0.25) is 0 Å². The molecule has 1 aliphatic rings. The maximum absolute atomic E-state index is 12.3. The number of carbonyl (C=O) groups is 1. The molecule has 0 N–H and O–H groups in total. The molecule has 0 atom stereocenters. The summed E-state index contributed by atoms with van der Waals surface area (Å²) in [5.41, 5.74) is 2.65. The molecule has 0 saturated carbocycles. The van der Waals surface area contributed by atoms with E-state index in [2.05, 4.69) is 41.2 Å². The summed E-state index contributed by atoms with van der Waals surface area (Å²) >= 11 is 0. The molecule has 1 aromatic heterocycles. The van der Waals surface area contributed by atoms with Crippen LogP contribution in [0, 0.1) is 6.92 Å². The molecule has 1 fully saturated rings. The Hall–Kier alpha value is -2.14. The SMILES string of the molecule is Cc1cccc(CN2CCN(C(=O)CCn3cccn3)CC2)c1. The predicted molar refractivity (Wildman–Crippen MR) is 89.9 cm³/mol. The first-order chi connectivity index (χ1) is 11.2. The second-order valence-corrected chi connectivity index (χ2v) is 6.17. The van der Waals surface area contributed by atoms with Gasteiger partial charge in [-0.15, -0.1) is 0 Å². The number of amides is 1. The van der Waals surface area contributed by atoms with Crippen LogP contribution in [0.3, 0.4) is 0 Å². The highest BCUT2D eigenvalue weighted by molar-refractivity contribution is 5.76. The average molecular weight is 312 g/mol. The molecule has 5 nitrogen and oxygen atoms in total. The number of hydrogen-bond donors (Lipinski definition) is 0. The van der Waals surface area contributed by atoms with Gasteiger partial charge in [-0.2, -0.15) is 5.10 Å². The molecule has 23 heavy (non-hydrogen) atoms. The van der Waals surface area contributed by atoms with Gasteiger partial charge < -0.3 is 4.90 Å². The highest BCUT2D eigenvalue weighted by Crippen LogP contribution is 2.11. The minimum atomic E-state index is 0.232. The lowest BCUT2D eigenvalue weighted by molar-refractivity contribution is -0.133. The Morgan fingerprint density at radius 2 is 2.00 bits per heavy atom. The molecule has 3 rings (SSSR count). The third-order valence-electron chi connectivity index (χ3n) is 4.33. The van der Waals surface area contributed by atoms with Crippen molar-refractivity contribution in [2.45, 2.75) is 26.4 Å². The number of benzene rings is 1. The largest absolute Gasteiger partial charge is 0.340 e. The summed E-state index contributed by atoms with van der Waals surface area (Å²) in [6.07, 6.45) is 4.17. The Morgan fingerprint density at radius 1 is 1.17 bits per heavy atom. The van der Waals surface area contributed by atoms with Gasteiger partial charge in [-0.05, 0) is 18.6 Å². The van der Waals surface area contributed by atoms with Crippen molar-refractivity contribution >= 4 is 5.91 Å². The lowest BCUT2D eigenvalue weighted by Gasteiger charge is -2.34. The summed E-state index contributed by atoms with van der Waals surface area (Å²) in [7, 11) is 0. The van der Waals surface area contributed by atoms with Gasteiger partial charge in [0.2, 0.25) is 5.91 Å². The monoisotopic (exact) mass is 312 g/mol. The van der Waals surface area contributed by atoms with Crippen LogP contribution in [0.15, 0.2) is 42.7 Å². The molecule has 2 aromatic rings. The third kappa shape index (κ3) is 4.42. The van der Waals surface area contributed by atoms with E-state index in [-0.39, 0.29) is 5.91 Å². The number of nitrogens with zero attached hydrogens (tertiary/aromatic N) is 4. The number of hydrogen-bond acceptors (Lipinski definition) is 3. The van der Waals surface area contributed by atoms with Crippen LogP contribution < -0.4 is 0 Å². The van der Waals surface area contributed by atoms with Crippen LogP contribution in [0.5, 0.6) is 0 Å². The number of carbonyl (C=O) groups excluding carboxylic acids is 1. The molecular formula is C18H24N4O. The van der Waals surface area contributed by atoms with E-state index in [0.29, 0.717) is 13.0 Å². The lowest BCUT2D eigenvalue weighted by Crippen LogP contribution is -2.48. The van der Waals surface area contributed by atoms with Crippen molar-refractivity contribution in [2.24, 2.45) is 0 Å². The van der Waals surface area contributed by atoms with Crippen molar-refractivity contribution in [3.8, 4) is 0 Å². The van der Waals surface area contributed by atoms with Gasteiger partial charge in [0.25, 0.3) is 0 Å². The maximum Gasteiger partial charge on any atom is 0.224 e. The summed E-state index contributed by atoms with van der Waals surface area (Å²) in [5.74, 6) is 0.232. The molecule has 1 aliphatic heterocycles. The number of piperazine rings is 1. The van der Waals surface area contributed by atoms with E-state index in [1.165, 1.54) is 11.1 Å². The molecule has 1 saturated heterocycles. The molecule has 1 aromatic carbocycles. The van der Waals surface area contributed by atoms with Crippen molar-refractivity contribution in [1.82, 2.24) is 19.6 Å². The highest BCUT2D eigenvalue weighted by Gasteiger charge is 2.20. The van der Waals surface area contributed by atoms with Crippen LogP contribution in [0.1, 0.15) is 17.5 Å². The minimum absolute atomic E-state index is 0.232. The molecule has 2 heterocycles. The van der Waals surface area contributed by atoms with Gasteiger partial charge in [-0.3, -0.25) is 14.4 Å². The molecule has 0 spiro atoms. The van der Waals surface area contributed by atoms with E-state index in [0.717, 1.165) is 32.7 Å². The van der Waals surface area contributed by atoms with Gasteiger partial charge in [0.05, 0.1) is 0 Å². The van der Waals surface area contributed by atoms with E-state index in [1.54, 1.807) is 6.20 Å². The van der Waals surface area contributed by atoms with Crippen molar-refractivity contribution in [3.63, 3.8) is 0 Å². The number of aryl methyl sites for hydroxylation is 2. The number of aromatic nitrogens is 2. The third-order valence-corrected chi connectivity index (χ3v) is 4.33. The second-order valence-electron chi connectivity index (χ2n) is 6.17. The standard InChI is InChI=1S/C18H24N4O/c1-16-4-2-5-17(14-16)15-20-10-12-21(13-11-20)18(23)6-9-22-8-3-7-19-22/h2-5,7-8,14H,6,9-13,15H2,1H3. The van der Waals surface area contributed by atoms with E-state index in [4.69, 9.17) is 0 Å². The smallest absolute Gasteiger partial charge is 0.224 e. The zero-order valence-corrected chi connectivity index (χ0v) is 13.7. The van der Waals surface area contributed by atoms with Gasteiger partial charge in [0.15, 0.2) is 0 Å². The van der Waals surface area contributed by atoms with Crippen LogP contribution in [-0.2, 0) is 17.9 Å². The highest BCUT2D eigenvalue weighted by atomic mass is 16.2. The molecule has 0 unspecified atom stereocenters. The van der Waals surface area contributed by atoms with Crippen LogP contribution in [-0.4, -0.2) is 51.7 Å². The van der Waals surface area contributed by atoms with Gasteiger partial charge in [-0.25, -0.2) is 0 Å². The summed E-state index contributed by atoms with van der Waals surface area (Å²) in [6, 6.07) is 10.5. The first-order valence-corrected chi connectivity index (χ1v) is 8.24. The zero-order chi connectivity index (χ0) is 16.1. The van der Waals surface area contributed by atoms with Crippen LogP contribution in [0.25, 0.3) is 0 Å². The maximum atomic E-state index is 12.3. The zero-order valence-electron chi connectivity index (χ0n) is 13.7. The van der Waals surface area contributed by atoms with Gasteiger partial charge in [0.1, 0.15) is 0 Å². The molecule has 1 amide bonds. The van der Waals surface area contributed by atoms with Crippen LogP contribution in [0.4, 0.5) is 0 Å². The second kappa shape index (κ2) is 7.42. The van der Waals surface area contributed by atoms with Crippen LogP contribution >= 0.6 is 0 Å². The first-order valence-electron chi connectivity index (χ1n) is 8.24.